The number of aromatic nitrogens is 1. The van der Waals surface area contributed by atoms with Gasteiger partial charge in [-0.3, -0.25) is 9.59 Å². The summed E-state index contributed by atoms with van der Waals surface area (Å²) >= 11 is 0. The second-order valence-electron chi connectivity index (χ2n) is 6.28. The fourth-order valence-electron chi connectivity index (χ4n) is 3.55. The number of nitrogens with zero attached hydrogens (tertiary/aromatic N) is 2. The van der Waals surface area contributed by atoms with Gasteiger partial charge in [-0.25, -0.2) is 0 Å². The standard InChI is InChI=1S/C18H23N3O2/c1-3-12-7-4-5-10-21(12)18(23)13-11-20(2)15-9-6-8-14(19)16(15)17(13)22/h6,8-9,11-12H,3-5,7,10,19H2,1-2H3. The molecule has 1 saturated heterocycles. The zero-order valence-corrected chi connectivity index (χ0v) is 13.7. The Morgan fingerprint density at radius 3 is 2.87 bits per heavy atom. The van der Waals surface area contributed by atoms with E-state index >= 15 is 0 Å². The van der Waals surface area contributed by atoms with Gasteiger partial charge in [0.1, 0.15) is 5.56 Å². The molecular weight excluding hydrogens is 290 g/mol. The van der Waals surface area contributed by atoms with Crippen LogP contribution in [0, 0.1) is 0 Å². The number of hydrogen-bond donors (Lipinski definition) is 1. The Balaban J connectivity index is 2.13. The van der Waals surface area contributed by atoms with Crippen molar-refractivity contribution in [3.63, 3.8) is 0 Å². The molecule has 1 aromatic carbocycles. The monoisotopic (exact) mass is 313 g/mol. The number of pyridine rings is 1. The second-order valence-corrected chi connectivity index (χ2v) is 6.28. The minimum absolute atomic E-state index is 0.165. The van der Waals surface area contributed by atoms with E-state index < -0.39 is 0 Å². The van der Waals surface area contributed by atoms with E-state index in [-0.39, 0.29) is 22.9 Å². The van der Waals surface area contributed by atoms with Crippen LogP contribution in [0.1, 0.15) is 43.0 Å². The van der Waals surface area contributed by atoms with Gasteiger partial charge < -0.3 is 15.2 Å². The highest BCUT2D eigenvalue weighted by Crippen LogP contribution is 2.23. The summed E-state index contributed by atoms with van der Waals surface area (Å²) < 4.78 is 1.81. The largest absolute Gasteiger partial charge is 0.398 e. The molecule has 1 aliphatic heterocycles. The summed E-state index contributed by atoms with van der Waals surface area (Å²) in [5.74, 6) is -0.165. The molecule has 0 aliphatic carbocycles. The molecule has 1 aromatic heterocycles. The number of nitrogen functional groups attached to an aromatic ring is 1. The van der Waals surface area contributed by atoms with Gasteiger partial charge in [-0.2, -0.15) is 0 Å². The van der Waals surface area contributed by atoms with E-state index in [1.165, 1.54) is 0 Å². The molecule has 3 rings (SSSR count). The topological polar surface area (TPSA) is 68.3 Å². The van der Waals surface area contributed by atoms with Crippen molar-refractivity contribution in [1.82, 2.24) is 9.47 Å². The maximum absolute atomic E-state index is 13.0. The molecule has 0 spiro atoms. The minimum Gasteiger partial charge on any atom is -0.398 e. The number of hydrogen-bond acceptors (Lipinski definition) is 3. The molecule has 23 heavy (non-hydrogen) atoms. The molecule has 1 unspecified atom stereocenters. The van der Waals surface area contributed by atoms with Gasteiger partial charge in [-0.05, 0) is 37.8 Å². The van der Waals surface area contributed by atoms with E-state index in [1.54, 1.807) is 12.3 Å². The summed E-state index contributed by atoms with van der Waals surface area (Å²) in [5, 5.41) is 0.436. The van der Waals surface area contributed by atoms with Gasteiger partial charge in [0.15, 0.2) is 0 Å². The molecule has 0 saturated carbocycles. The molecular formula is C18H23N3O2. The third-order valence-electron chi connectivity index (χ3n) is 4.84. The number of anilines is 1. The number of nitrogens with two attached hydrogens (primary N) is 1. The van der Waals surface area contributed by atoms with Crippen LogP contribution in [0.25, 0.3) is 10.9 Å². The van der Waals surface area contributed by atoms with Crippen LogP contribution in [-0.2, 0) is 7.05 Å². The predicted octanol–water partition coefficient (Wildman–Crippen LogP) is 2.53. The number of rotatable bonds is 2. The van der Waals surface area contributed by atoms with E-state index in [1.807, 2.05) is 28.6 Å². The smallest absolute Gasteiger partial charge is 0.259 e. The van der Waals surface area contributed by atoms with Crippen LogP contribution in [0.3, 0.4) is 0 Å². The van der Waals surface area contributed by atoms with Crippen LogP contribution < -0.4 is 11.2 Å². The number of likely N-dealkylation sites (tertiary alicyclic amines) is 1. The summed E-state index contributed by atoms with van der Waals surface area (Å²) in [6.07, 6.45) is 5.72. The average Bonchev–Trinajstić information content (AvgIpc) is 2.57. The summed E-state index contributed by atoms with van der Waals surface area (Å²) in [6.45, 7) is 2.82. The Bertz CT molecular complexity index is 810. The molecule has 0 radical (unpaired) electrons. The highest BCUT2D eigenvalue weighted by atomic mass is 16.2. The first kappa shape index (κ1) is 15.6. The van der Waals surface area contributed by atoms with Crippen molar-refractivity contribution in [2.75, 3.05) is 12.3 Å². The van der Waals surface area contributed by atoms with E-state index in [2.05, 4.69) is 6.92 Å². The molecule has 122 valence electrons. The van der Waals surface area contributed by atoms with E-state index in [4.69, 9.17) is 5.73 Å². The highest BCUT2D eigenvalue weighted by molar-refractivity contribution is 6.00. The van der Waals surface area contributed by atoms with Crippen molar-refractivity contribution in [3.05, 3.63) is 40.2 Å². The number of carbonyl (C=O) groups excluding carboxylic acids is 1. The quantitative estimate of drug-likeness (QED) is 0.866. The maximum atomic E-state index is 13.0. The number of carbonyl (C=O) groups is 1. The van der Waals surface area contributed by atoms with E-state index in [9.17, 15) is 9.59 Å². The molecule has 2 N–H and O–H groups in total. The van der Waals surface area contributed by atoms with Gasteiger partial charge in [0.05, 0.1) is 10.9 Å². The Morgan fingerprint density at radius 1 is 1.35 bits per heavy atom. The normalized spacial score (nSPS) is 18.3. The van der Waals surface area contributed by atoms with Crippen LogP contribution in [-0.4, -0.2) is 28.0 Å². The number of aryl methyl sites for hydroxylation is 1. The molecule has 5 heteroatoms. The van der Waals surface area contributed by atoms with Crippen LogP contribution in [0.15, 0.2) is 29.2 Å². The summed E-state index contributed by atoms with van der Waals surface area (Å²) in [7, 11) is 1.84. The van der Waals surface area contributed by atoms with Gasteiger partial charge in [0, 0.05) is 31.5 Å². The first-order chi connectivity index (χ1) is 11.0. The first-order valence-corrected chi connectivity index (χ1v) is 8.23. The third kappa shape index (κ3) is 2.60. The van der Waals surface area contributed by atoms with Gasteiger partial charge in [0.2, 0.25) is 5.43 Å². The lowest BCUT2D eigenvalue weighted by Gasteiger charge is -2.35. The molecule has 1 amide bonds. The van der Waals surface area contributed by atoms with Gasteiger partial charge in [-0.1, -0.05) is 13.0 Å². The summed E-state index contributed by atoms with van der Waals surface area (Å²) in [5.41, 5.74) is 7.11. The van der Waals surface area contributed by atoms with Crippen molar-refractivity contribution in [2.24, 2.45) is 7.05 Å². The zero-order chi connectivity index (χ0) is 16.6. The fourth-order valence-corrected chi connectivity index (χ4v) is 3.55. The highest BCUT2D eigenvalue weighted by Gasteiger charge is 2.28. The Labute approximate surface area is 135 Å². The Kier molecular flexibility index (Phi) is 4.11. The maximum Gasteiger partial charge on any atom is 0.259 e. The van der Waals surface area contributed by atoms with Crippen molar-refractivity contribution < 1.29 is 4.79 Å². The van der Waals surface area contributed by atoms with E-state index in [0.29, 0.717) is 11.1 Å². The lowest BCUT2D eigenvalue weighted by Crippen LogP contribution is -2.45. The lowest BCUT2D eigenvalue weighted by atomic mass is 9.98. The third-order valence-corrected chi connectivity index (χ3v) is 4.84. The summed E-state index contributed by atoms with van der Waals surface area (Å²) in [4.78, 5) is 27.7. The first-order valence-electron chi connectivity index (χ1n) is 8.23. The van der Waals surface area contributed by atoms with Gasteiger partial charge in [0.25, 0.3) is 5.91 Å². The number of benzene rings is 1. The molecule has 2 aromatic rings. The summed E-state index contributed by atoms with van der Waals surface area (Å²) in [6, 6.07) is 5.59. The van der Waals surface area contributed by atoms with Crippen LogP contribution in [0.5, 0.6) is 0 Å². The molecule has 2 heterocycles. The van der Waals surface area contributed by atoms with Crippen LogP contribution in [0.2, 0.25) is 0 Å². The average molecular weight is 313 g/mol. The van der Waals surface area contributed by atoms with Crippen molar-refractivity contribution in [1.29, 1.82) is 0 Å². The van der Waals surface area contributed by atoms with Crippen molar-refractivity contribution >= 4 is 22.5 Å². The molecule has 5 nitrogen and oxygen atoms in total. The fraction of sp³-hybridized carbons (Fsp3) is 0.444. The Morgan fingerprint density at radius 2 is 2.13 bits per heavy atom. The molecule has 1 aliphatic rings. The molecule has 0 bridgehead atoms. The Hall–Kier alpha value is -2.30. The zero-order valence-electron chi connectivity index (χ0n) is 13.7. The van der Waals surface area contributed by atoms with Crippen molar-refractivity contribution in [2.45, 2.75) is 38.6 Å². The lowest BCUT2D eigenvalue weighted by molar-refractivity contribution is 0.0606. The SMILES string of the molecule is CCC1CCCCN1C(=O)c1cn(C)c2cccc(N)c2c1=O. The second kappa shape index (κ2) is 6.07. The van der Waals surface area contributed by atoms with Gasteiger partial charge >= 0.3 is 0 Å². The number of fused-ring (bicyclic) bond motifs is 1. The molecule has 1 fully saturated rings. The number of piperidine rings is 1. The van der Waals surface area contributed by atoms with Crippen LogP contribution >= 0.6 is 0 Å². The number of amides is 1. The van der Waals surface area contributed by atoms with E-state index in [0.717, 1.165) is 37.7 Å². The van der Waals surface area contributed by atoms with Gasteiger partial charge in [-0.15, -0.1) is 0 Å². The predicted molar refractivity (Wildman–Crippen MR) is 92.6 cm³/mol. The molecule has 1 atom stereocenters. The van der Waals surface area contributed by atoms with Crippen molar-refractivity contribution in [3.8, 4) is 0 Å². The minimum atomic E-state index is -0.262. The van der Waals surface area contributed by atoms with Crippen LogP contribution in [0.4, 0.5) is 5.69 Å².